The zero-order valence-corrected chi connectivity index (χ0v) is 14.1. The van der Waals surface area contributed by atoms with Crippen molar-refractivity contribution >= 4 is 20.0 Å². The molecule has 0 N–H and O–H groups in total. The molecule has 0 bridgehead atoms. The Bertz CT molecular complexity index is 364. The fraction of sp³-hybridized carbons (Fsp3) is 0.714. The summed E-state index contributed by atoms with van der Waals surface area (Å²) in [4.78, 5) is 21.8. The van der Waals surface area contributed by atoms with E-state index in [2.05, 4.69) is 33.9 Å². The number of rotatable bonds is 5. The second-order valence-electron chi connectivity index (χ2n) is 6.19. The molecule has 0 amide bonds. The lowest BCUT2D eigenvalue weighted by atomic mass is 10.2. The highest BCUT2D eigenvalue weighted by Gasteiger charge is 2.38. The minimum absolute atomic E-state index is 0.134. The lowest BCUT2D eigenvalue weighted by molar-refractivity contribution is -0.141. The molecule has 0 atom stereocenters. The van der Waals surface area contributed by atoms with Crippen LogP contribution in [0.1, 0.15) is 34.6 Å². The molecular formula is C14H26O4Si. The van der Waals surface area contributed by atoms with Gasteiger partial charge in [0.15, 0.2) is 0 Å². The van der Waals surface area contributed by atoms with Gasteiger partial charge in [-0.3, -0.25) is 9.59 Å². The third-order valence-corrected chi connectivity index (χ3v) is 9.43. The molecule has 110 valence electrons. The van der Waals surface area contributed by atoms with Crippen molar-refractivity contribution in [3.05, 3.63) is 11.3 Å². The van der Waals surface area contributed by atoms with E-state index in [1.165, 1.54) is 13.8 Å². The molecule has 0 aliphatic rings. The highest BCUT2D eigenvalue weighted by Crippen LogP contribution is 2.40. The summed E-state index contributed by atoms with van der Waals surface area (Å²) in [6.45, 7) is 14.3. The predicted octanol–water partition coefficient (Wildman–Crippen LogP) is 3.09. The van der Waals surface area contributed by atoms with Gasteiger partial charge >= 0.3 is 11.9 Å². The van der Waals surface area contributed by atoms with Crippen LogP contribution < -0.4 is 0 Å². The molecule has 0 aliphatic carbocycles. The first kappa shape index (κ1) is 17.9. The number of hydrogen-bond donors (Lipinski definition) is 0. The summed E-state index contributed by atoms with van der Waals surface area (Å²) >= 11 is 0. The second kappa shape index (κ2) is 6.89. The number of hydrogen-bond acceptors (Lipinski definition) is 4. The molecule has 0 aliphatic heterocycles. The van der Waals surface area contributed by atoms with Crippen molar-refractivity contribution in [2.75, 3.05) is 13.2 Å². The van der Waals surface area contributed by atoms with Crippen molar-refractivity contribution in [1.29, 1.82) is 0 Å². The molecule has 0 unspecified atom stereocenters. The molecule has 0 saturated carbocycles. The van der Waals surface area contributed by atoms with E-state index in [-0.39, 0.29) is 30.2 Å². The molecule has 0 heterocycles. The monoisotopic (exact) mass is 286 g/mol. The fourth-order valence-electron chi connectivity index (χ4n) is 1.42. The Morgan fingerprint density at radius 1 is 1.05 bits per heavy atom. The first-order valence-electron chi connectivity index (χ1n) is 6.44. The molecule has 5 heteroatoms. The van der Waals surface area contributed by atoms with Crippen LogP contribution in [0.25, 0.3) is 0 Å². The van der Waals surface area contributed by atoms with E-state index < -0.39 is 8.07 Å². The van der Waals surface area contributed by atoms with E-state index in [1.807, 2.05) is 6.08 Å². The fourth-order valence-corrected chi connectivity index (χ4v) is 3.41. The van der Waals surface area contributed by atoms with Crippen LogP contribution in [-0.4, -0.2) is 33.2 Å². The van der Waals surface area contributed by atoms with Gasteiger partial charge in [0.05, 0.1) is 8.07 Å². The quantitative estimate of drug-likeness (QED) is 0.575. The zero-order chi connectivity index (χ0) is 15.3. The summed E-state index contributed by atoms with van der Waals surface area (Å²) in [5.74, 6) is -0.601. The molecular weight excluding hydrogens is 260 g/mol. The summed E-state index contributed by atoms with van der Waals surface area (Å²) in [7, 11) is -1.78. The normalized spacial score (nSPS) is 13.1. The smallest absolute Gasteiger partial charge is 0.302 e. The lowest BCUT2D eigenvalue weighted by Gasteiger charge is -2.39. The summed E-state index contributed by atoms with van der Waals surface area (Å²) in [6.07, 6.45) is 1.89. The van der Waals surface area contributed by atoms with Crippen LogP contribution in [0.2, 0.25) is 18.1 Å². The number of carbonyl (C=O) groups is 2. The molecule has 0 aromatic heterocycles. The molecule has 0 aromatic rings. The van der Waals surface area contributed by atoms with E-state index in [9.17, 15) is 9.59 Å². The van der Waals surface area contributed by atoms with Crippen molar-refractivity contribution in [2.45, 2.75) is 52.8 Å². The highest BCUT2D eigenvalue weighted by atomic mass is 28.3. The topological polar surface area (TPSA) is 52.6 Å². The van der Waals surface area contributed by atoms with Gasteiger partial charge in [0, 0.05) is 13.8 Å². The molecule has 0 radical (unpaired) electrons. The largest absolute Gasteiger partial charge is 0.462 e. The van der Waals surface area contributed by atoms with Crippen molar-refractivity contribution in [1.82, 2.24) is 0 Å². The second-order valence-corrected chi connectivity index (χ2v) is 11.6. The van der Waals surface area contributed by atoms with E-state index in [1.54, 1.807) is 0 Å². The van der Waals surface area contributed by atoms with Gasteiger partial charge in [0.25, 0.3) is 0 Å². The van der Waals surface area contributed by atoms with Gasteiger partial charge < -0.3 is 9.47 Å². The van der Waals surface area contributed by atoms with E-state index in [4.69, 9.17) is 9.47 Å². The van der Waals surface area contributed by atoms with E-state index >= 15 is 0 Å². The van der Waals surface area contributed by atoms with Crippen LogP contribution in [0.4, 0.5) is 0 Å². The number of esters is 2. The predicted molar refractivity (Wildman–Crippen MR) is 78.5 cm³/mol. The van der Waals surface area contributed by atoms with Crippen LogP contribution in [0.5, 0.6) is 0 Å². The van der Waals surface area contributed by atoms with Crippen molar-refractivity contribution < 1.29 is 19.1 Å². The Balaban J connectivity index is 5.04. The zero-order valence-electron chi connectivity index (χ0n) is 13.1. The third-order valence-electron chi connectivity index (χ3n) is 3.73. The Hall–Kier alpha value is -1.10. The Labute approximate surface area is 117 Å². The van der Waals surface area contributed by atoms with Crippen LogP contribution in [0.3, 0.4) is 0 Å². The van der Waals surface area contributed by atoms with Gasteiger partial charge in [-0.25, -0.2) is 0 Å². The van der Waals surface area contributed by atoms with E-state index in [0.717, 1.165) is 5.20 Å². The Morgan fingerprint density at radius 3 is 1.89 bits per heavy atom. The first-order valence-corrected chi connectivity index (χ1v) is 9.44. The van der Waals surface area contributed by atoms with Gasteiger partial charge in [-0.05, 0) is 16.3 Å². The summed E-state index contributed by atoms with van der Waals surface area (Å²) in [6, 6.07) is 0. The standard InChI is InChI=1S/C14H26O4Si/c1-11(15)17-9-8-13(10-18-12(2)16)19(6,7)14(3,4)5/h8H,9-10H2,1-7H3/b13-8+. The third kappa shape index (κ3) is 6.05. The summed E-state index contributed by atoms with van der Waals surface area (Å²) < 4.78 is 10.1. The lowest BCUT2D eigenvalue weighted by Crippen LogP contribution is -2.41. The molecule has 0 rings (SSSR count). The summed E-state index contributed by atoms with van der Waals surface area (Å²) in [5, 5.41) is 1.23. The average molecular weight is 286 g/mol. The number of carbonyl (C=O) groups excluding carboxylic acids is 2. The van der Waals surface area contributed by atoms with Gasteiger partial charge in [0.1, 0.15) is 13.2 Å². The highest BCUT2D eigenvalue weighted by molar-refractivity contribution is 6.86. The minimum Gasteiger partial charge on any atom is -0.462 e. The van der Waals surface area contributed by atoms with Crippen LogP contribution in [0.15, 0.2) is 11.3 Å². The van der Waals surface area contributed by atoms with Crippen LogP contribution >= 0.6 is 0 Å². The summed E-state index contributed by atoms with van der Waals surface area (Å²) in [5.41, 5.74) is 0. The maximum Gasteiger partial charge on any atom is 0.302 e. The van der Waals surface area contributed by atoms with Crippen molar-refractivity contribution in [3.8, 4) is 0 Å². The molecule has 0 spiro atoms. The Kier molecular flexibility index (Phi) is 6.49. The van der Waals surface area contributed by atoms with Crippen LogP contribution in [0, 0.1) is 0 Å². The first-order chi connectivity index (χ1) is 8.48. The minimum atomic E-state index is -1.78. The average Bonchev–Trinajstić information content (AvgIpc) is 2.20. The number of ether oxygens (including phenoxy) is 2. The molecule has 0 saturated heterocycles. The molecule has 0 aromatic carbocycles. The molecule has 19 heavy (non-hydrogen) atoms. The van der Waals surface area contributed by atoms with E-state index in [0.29, 0.717) is 0 Å². The van der Waals surface area contributed by atoms with Crippen molar-refractivity contribution in [3.63, 3.8) is 0 Å². The maximum absolute atomic E-state index is 11.0. The van der Waals surface area contributed by atoms with Crippen LogP contribution in [-0.2, 0) is 19.1 Å². The Morgan fingerprint density at radius 2 is 1.53 bits per heavy atom. The van der Waals surface area contributed by atoms with Crippen molar-refractivity contribution in [2.24, 2.45) is 0 Å². The van der Waals surface area contributed by atoms with Gasteiger partial charge in [-0.2, -0.15) is 0 Å². The van der Waals surface area contributed by atoms with Gasteiger partial charge in [-0.15, -0.1) is 0 Å². The SMILES string of the molecule is CC(=O)OC/C=C(\COC(C)=O)[Si](C)(C)C(C)(C)C. The maximum atomic E-state index is 11.0. The van der Waals surface area contributed by atoms with Gasteiger partial charge in [0.2, 0.25) is 0 Å². The molecule has 0 fully saturated rings. The molecule has 4 nitrogen and oxygen atoms in total. The van der Waals surface area contributed by atoms with Gasteiger partial charge in [-0.1, -0.05) is 33.9 Å².